The number of nitrogens with zero attached hydrogens (tertiary/aromatic N) is 6. The van der Waals surface area contributed by atoms with Crippen LogP contribution in [0.4, 0.5) is 5.82 Å². The number of H-pyrrole nitrogens is 1. The SMILES string of the molecule is CCCCOc1nc(N)c2[nH]c(=O)n(CCCN(CCCN3CCN(C)CC3)Cc3cccc(OC(=O)CC)c3)c2n1. The molecule has 0 bridgehead atoms. The van der Waals surface area contributed by atoms with E-state index in [9.17, 15) is 9.59 Å². The van der Waals surface area contributed by atoms with E-state index in [1.807, 2.05) is 18.2 Å². The maximum absolute atomic E-state index is 12.8. The van der Waals surface area contributed by atoms with Gasteiger partial charge in [-0.15, -0.1) is 0 Å². The van der Waals surface area contributed by atoms with Crippen LogP contribution in [0.1, 0.15) is 51.5 Å². The van der Waals surface area contributed by atoms with E-state index in [1.54, 1.807) is 11.5 Å². The highest BCUT2D eigenvalue weighted by molar-refractivity contribution is 5.81. The number of hydrogen-bond donors (Lipinski definition) is 2. The molecular formula is C30H46N8O4. The van der Waals surface area contributed by atoms with Crippen LogP contribution in [0.15, 0.2) is 29.1 Å². The first kappa shape index (κ1) is 31.5. The van der Waals surface area contributed by atoms with Gasteiger partial charge in [-0.25, -0.2) is 4.79 Å². The maximum atomic E-state index is 12.8. The first-order chi connectivity index (χ1) is 20.4. The molecule has 3 aromatic rings. The third kappa shape index (κ3) is 9.01. The van der Waals surface area contributed by atoms with Gasteiger partial charge in [0.1, 0.15) is 11.3 Å². The van der Waals surface area contributed by atoms with Crippen molar-refractivity contribution in [2.24, 2.45) is 0 Å². The van der Waals surface area contributed by atoms with Gasteiger partial charge in [-0.3, -0.25) is 14.3 Å². The van der Waals surface area contributed by atoms with Crippen LogP contribution in [-0.4, -0.2) is 99.7 Å². The number of rotatable bonds is 16. The lowest BCUT2D eigenvalue weighted by atomic mass is 10.2. The van der Waals surface area contributed by atoms with Crippen LogP contribution in [-0.2, 0) is 17.9 Å². The van der Waals surface area contributed by atoms with E-state index < -0.39 is 0 Å². The number of carbonyl (C=O) groups excluding carboxylic acids is 1. The first-order valence-corrected chi connectivity index (χ1v) is 15.2. The minimum absolute atomic E-state index is 0.190. The molecule has 4 rings (SSSR count). The highest BCUT2D eigenvalue weighted by atomic mass is 16.5. The number of likely N-dealkylation sites (N-methyl/N-ethyl adjacent to an activating group) is 1. The molecule has 3 heterocycles. The summed E-state index contributed by atoms with van der Waals surface area (Å²) in [4.78, 5) is 43.4. The summed E-state index contributed by atoms with van der Waals surface area (Å²) in [7, 11) is 2.17. The summed E-state index contributed by atoms with van der Waals surface area (Å²) in [5.41, 5.74) is 7.84. The number of piperazine rings is 1. The fourth-order valence-corrected chi connectivity index (χ4v) is 5.09. The molecule has 1 aliphatic rings. The van der Waals surface area contributed by atoms with Crippen molar-refractivity contribution in [2.75, 3.05) is 65.2 Å². The van der Waals surface area contributed by atoms with Crippen molar-refractivity contribution >= 4 is 23.0 Å². The number of ether oxygens (including phenoxy) is 2. The Morgan fingerprint density at radius 2 is 1.83 bits per heavy atom. The molecule has 1 saturated heterocycles. The van der Waals surface area contributed by atoms with Crippen LogP contribution in [0.3, 0.4) is 0 Å². The quantitative estimate of drug-likeness (QED) is 0.147. The highest BCUT2D eigenvalue weighted by Crippen LogP contribution is 2.19. The number of benzene rings is 1. The lowest BCUT2D eigenvalue weighted by Crippen LogP contribution is -2.45. The Morgan fingerprint density at radius 1 is 1.07 bits per heavy atom. The molecule has 1 fully saturated rings. The summed E-state index contributed by atoms with van der Waals surface area (Å²) in [6.07, 6.45) is 3.99. The molecule has 1 aromatic carbocycles. The van der Waals surface area contributed by atoms with Gasteiger partial charge in [0.2, 0.25) is 0 Å². The minimum Gasteiger partial charge on any atom is -0.463 e. The van der Waals surface area contributed by atoms with Gasteiger partial charge in [0.15, 0.2) is 11.5 Å². The summed E-state index contributed by atoms with van der Waals surface area (Å²) >= 11 is 0. The van der Waals surface area contributed by atoms with Gasteiger partial charge in [-0.1, -0.05) is 32.4 Å². The Bertz CT molecular complexity index is 1350. The van der Waals surface area contributed by atoms with Gasteiger partial charge in [-0.2, -0.15) is 9.97 Å². The maximum Gasteiger partial charge on any atom is 0.327 e. The zero-order chi connectivity index (χ0) is 29.9. The van der Waals surface area contributed by atoms with Crippen molar-refractivity contribution in [2.45, 2.75) is 59.0 Å². The molecule has 0 radical (unpaired) electrons. The second-order valence-electron chi connectivity index (χ2n) is 11.0. The third-order valence-corrected chi connectivity index (χ3v) is 7.58. The molecule has 3 N–H and O–H groups in total. The van der Waals surface area contributed by atoms with Crippen LogP contribution in [0.5, 0.6) is 11.8 Å². The van der Waals surface area contributed by atoms with E-state index in [1.165, 1.54) is 0 Å². The largest absolute Gasteiger partial charge is 0.463 e. The number of esters is 1. The number of carbonyl (C=O) groups is 1. The van der Waals surface area contributed by atoms with Gasteiger partial charge < -0.3 is 30.0 Å². The van der Waals surface area contributed by atoms with Gasteiger partial charge in [0.25, 0.3) is 0 Å². The predicted molar refractivity (Wildman–Crippen MR) is 164 cm³/mol. The zero-order valence-corrected chi connectivity index (χ0v) is 25.3. The minimum atomic E-state index is -0.260. The lowest BCUT2D eigenvalue weighted by molar-refractivity contribution is -0.134. The van der Waals surface area contributed by atoms with Crippen molar-refractivity contribution in [1.82, 2.24) is 34.2 Å². The van der Waals surface area contributed by atoms with Gasteiger partial charge in [0, 0.05) is 52.2 Å². The molecular weight excluding hydrogens is 536 g/mol. The Labute approximate surface area is 247 Å². The lowest BCUT2D eigenvalue weighted by Gasteiger charge is -2.33. The van der Waals surface area contributed by atoms with E-state index in [-0.39, 0.29) is 23.5 Å². The Hall–Kier alpha value is -3.48. The smallest absolute Gasteiger partial charge is 0.327 e. The summed E-state index contributed by atoms with van der Waals surface area (Å²) in [5, 5.41) is 0. The van der Waals surface area contributed by atoms with Gasteiger partial charge in [0.05, 0.1) is 6.61 Å². The molecule has 230 valence electrons. The van der Waals surface area contributed by atoms with Crippen molar-refractivity contribution < 1.29 is 14.3 Å². The van der Waals surface area contributed by atoms with Crippen LogP contribution in [0.25, 0.3) is 11.2 Å². The molecule has 1 aliphatic heterocycles. The van der Waals surface area contributed by atoms with Crippen molar-refractivity contribution in [3.05, 3.63) is 40.3 Å². The van der Waals surface area contributed by atoms with E-state index in [0.717, 1.165) is 77.1 Å². The fraction of sp³-hybridized carbons (Fsp3) is 0.600. The standard InChI is InChI=1S/C30H46N8O4/c1-4-6-20-41-29-33-27(31)26-28(34-29)38(30(40)32-26)15-9-14-37(13-8-12-36-18-16-35(3)17-19-36)22-23-10-7-11-24(21-23)42-25(39)5-2/h7,10-11,21H,4-6,8-9,12-20,22H2,1-3H3,(H,32,40)(H2,31,33,34). The van der Waals surface area contributed by atoms with E-state index in [2.05, 4.69) is 49.7 Å². The first-order valence-electron chi connectivity index (χ1n) is 15.2. The van der Waals surface area contributed by atoms with Crippen molar-refractivity contribution in [3.63, 3.8) is 0 Å². The molecule has 0 unspecified atom stereocenters. The number of nitrogens with two attached hydrogens (primary N) is 1. The zero-order valence-electron chi connectivity index (χ0n) is 25.3. The molecule has 12 heteroatoms. The number of anilines is 1. The number of nitrogens with one attached hydrogen (secondary N) is 1. The fourth-order valence-electron chi connectivity index (χ4n) is 5.09. The van der Waals surface area contributed by atoms with Gasteiger partial charge >= 0.3 is 17.7 Å². The van der Waals surface area contributed by atoms with Crippen molar-refractivity contribution in [3.8, 4) is 11.8 Å². The number of fused-ring (bicyclic) bond motifs is 1. The molecule has 42 heavy (non-hydrogen) atoms. The number of hydrogen-bond acceptors (Lipinski definition) is 10. The molecule has 0 atom stereocenters. The van der Waals surface area contributed by atoms with E-state index in [0.29, 0.717) is 43.0 Å². The molecule has 2 aromatic heterocycles. The van der Waals surface area contributed by atoms with Crippen LogP contribution in [0.2, 0.25) is 0 Å². The monoisotopic (exact) mass is 582 g/mol. The highest BCUT2D eigenvalue weighted by Gasteiger charge is 2.17. The summed E-state index contributed by atoms with van der Waals surface area (Å²) < 4.78 is 12.7. The van der Waals surface area contributed by atoms with E-state index >= 15 is 0 Å². The number of aryl methyl sites for hydroxylation is 1. The number of aromatic amines is 1. The summed E-state index contributed by atoms with van der Waals surface area (Å²) in [6.45, 7) is 12.7. The molecule has 0 amide bonds. The molecule has 0 saturated carbocycles. The molecule has 12 nitrogen and oxygen atoms in total. The normalized spacial score (nSPS) is 14.6. The molecule has 0 aliphatic carbocycles. The van der Waals surface area contributed by atoms with Crippen molar-refractivity contribution in [1.29, 1.82) is 0 Å². The van der Waals surface area contributed by atoms with Gasteiger partial charge in [-0.05, 0) is 57.1 Å². The third-order valence-electron chi connectivity index (χ3n) is 7.58. The second-order valence-corrected chi connectivity index (χ2v) is 11.0. The Balaban J connectivity index is 1.42. The van der Waals surface area contributed by atoms with E-state index in [4.69, 9.17) is 15.2 Å². The number of nitrogen functional groups attached to an aromatic ring is 1. The number of imidazole rings is 1. The Morgan fingerprint density at radius 3 is 2.57 bits per heavy atom. The van der Waals surface area contributed by atoms with Crippen LogP contribution in [0, 0.1) is 0 Å². The molecule has 0 spiro atoms. The average Bonchev–Trinajstić information content (AvgIpc) is 3.29. The average molecular weight is 583 g/mol. The number of unbranched alkanes of at least 4 members (excludes halogenated alkanes) is 1. The number of aromatic nitrogens is 4. The summed E-state index contributed by atoms with van der Waals surface area (Å²) in [5.74, 6) is 0.525. The topological polar surface area (TPSA) is 135 Å². The predicted octanol–water partition coefficient (Wildman–Crippen LogP) is 2.73. The summed E-state index contributed by atoms with van der Waals surface area (Å²) in [6, 6.07) is 7.92. The van der Waals surface area contributed by atoms with Crippen LogP contribution >= 0.6 is 0 Å². The second kappa shape index (κ2) is 15.7. The Kier molecular flexibility index (Phi) is 11.7. The van der Waals surface area contributed by atoms with Crippen LogP contribution < -0.4 is 20.9 Å².